The van der Waals surface area contributed by atoms with E-state index in [1.807, 2.05) is 30.3 Å². The third kappa shape index (κ3) is 5.30. The maximum Gasteiger partial charge on any atom is 0.313 e. The van der Waals surface area contributed by atoms with E-state index in [2.05, 4.69) is 0 Å². The third-order valence-electron chi connectivity index (χ3n) is 5.07. The molecule has 28 heavy (non-hydrogen) atoms. The van der Waals surface area contributed by atoms with Crippen LogP contribution < -0.4 is 0 Å². The van der Waals surface area contributed by atoms with Crippen LogP contribution in [-0.2, 0) is 40.0 Å². The summed E-state index contributed by atoms with van der Waals surface area (Å²) >= 11 is 0. The highest BCUT2D eigenvalue weighted by Crippen LogP contribution is 2.38. The van der Waals surface area contributed by atoms with Gasteiger partial charge in [-0.15, -0.1) is 0 Å². The lowest BCUT2D eigenvalue weighted by molar-refractivity contribution is -0.176. The van der Waals surface area contributed by atoms with Crippen LogP contribution in [0.1, 0.15) is 24.8 Å². The lowest BCUT2D eigenvalue weighted by atomic mass is 9.89. The summed E-state index contributed by atoms with van der Waals surface area (Å²) in [4.78, 5) is 18.3. The second-order valence-corrected chi connectivity index (χ2v) is 8.74. The smallest absolute Gasteiger partial charge is 0.313 e. The van der Waals surface area contributed by atoms with Crippen molar-refractivity contribution in [2.45, 2.75) is 44.1 Å². The molecule has 0 saturated carbocycles. The van der Waals surface area contributed by atoms with Crippen LogP contribution >= 0.6 is 0 Å². The first-order valence-electron chi connectivity index (χ1n) is 9.40. The van der Waals surface area contributed by atoms with Crippen molar-refractivity contribution in [3.63, 3.8) is 0 Å². The van der Waals surface area contributed by atoms with Crippen LogP contribution in [0.25, 0.3) is 0 Å². The molecule has 0 unspecified atom stereocenters. The monoisotopic (exact) mass is 413 g/mol. The largest absolute Gasteiger partial charge is 0.469 e. The Morgan fingerprint density at radius 2 is 2.07 bits per heavy atom. The second-order valence-electron chi connectivity index (χ2n) is 7.13. The minimum Gasteiger partial charge on any atom is -0.469 e. The van der Waals surface area contributed by atoms with Gasteiger partial charge < -0.3 is 9.47 Å². The number of rotatable bonds is 9. The number of carbonyl (C=O) groups is 1. The Hall–Kier alpha value is -1.52. The molecular weight excluding hydrogens is 386 g/mol. The summed E-state index contributed by atoms with van der Waals surface area (Å²) < 4.78 is 39.5. The molecule has 1 aromatic carbocycles. The van der Waals surface area contributed by atoms with Gasteiger partial charge in [-0.25, -0.2) is 0 Å². The highest BCUT2D eigenvalue weighted by Gasteiger charge is 2.53. The number of carbonyl (C=O) groups excluding carboxylic acids is 1. The van der Waals surface area contributed by atoms with Gasteiger partial charge in [-0.2, -0.15) is 13.5 Å². The quantitative estimate of drug-likeness (QED) is 0.342. The van der Waals surface area contributed by atoms with Gasteiger partial charge in [0.15, 0.2) is 0 Å². The number of benzene rings is 1. The predicted molar refractivity (Wildman–Crippen MR) is 101 cm³/mol. The van der Waals surface area contributed by atoms with E-state index in [0.29, 0.717) is 13.2 Å². The normalized spacial score (nSPS) is 26.1. The van der Waals surface area contributed by atoms with Crippen LogP contribution in [0.2, 0.25) is 0 Å². The maximum absolute atomic E-state index is 12.4. The summed E-state index contributed by atoms with van der Waals surface area (Å²) in [6.45, 7) is 1.38. The van der Waals surface area contributed by atoms with Crippen molar-refractivity contribution in [3.05, 3.63) is 35.9 Å². The molecule has 2 aliphatic rings. The molecule has 2 heterocycles. The first kappa shape index (κ1) is 21.2. The van der Waals surface area contributed by atoms with Gasteiger partial charge in [0.2, 0.25) is 0 Å². The van der Waals surface area contributed by atoms with Crippen molar-refractivity contribution in [1.29, 1.82) is 0 Å². The van der Waals surface area contributed by atoms with Crippen LogP contribution in [0.5, 0.6) is 0 Å². The molecule has 2 saturated heterocycles. The standard InChI is InChI=1S/C19H27NO7S/c1-24-19(21)17-15-9-6-11-20(15)26-18(17)16(27-28(2,22)23)10-12-25-13-14-7-4-3-5-8-14/h3-5,7-8,15-18H,6,9-13H2,1-2H3/t15-,16+,17-,18+/m1/s1. The number of hydrogen-bond acceptors (Lipinski definition) is 8. The molecule has 1 aromatic rings. The molecule has 0 radical (unpaired) electrons. The molecule has 0 aliphatic carbocycles. The van der Waals surface area contributed by atoms with E-state index in [1.54, 1.807) is 5.06 Å². The molecule has 0 amide bonds. The lowest BCUT2D eigenvalue weighted by Gasteiger charge is -2.26. The molecular formula is C19H27NO7S. The summed E-state index contributed by atoms with van der Waals surface area (Å²) in [6.07, 6.45) is 1.43. The number of methoxy groups -OCH3 is 1. The molecule has 2 aliphatic heterocycles. The van der Waals surface area contributed by atoms with E-state index >= 15 is 0 Å². The van der Waals surface area contributed by atoms with Crippen LogP contribution in [0, 0.1) is 5.92 Å². The van der Waals surface area contributed by atoms with Crippen molar-refractivity contribution in [2.75, 3.05) is 26.5 Å². The molecule has 0 N–H and O–H groups in total. The molecule has 9 heteroatoms. The van der Waals surface area contributed by atoms with Crippen molar-refractivity contribution >= 4 is 16.1 Å². The highest BCUT2D eigenvalue weighted by molar-refractivity contribution is 7.86. The molecule has 0 spiro atoms. The Labute approximate surface area is 165 Å². The van der Waals surface area contributed by atoms with Gasteiger partial charge in [0, 0.05) is 19.6 Å². The van der Waals surface area contributed by atoms with Gasteiger partial charge in [-0.05, 0) is 18.4 Å². The SMILES string of the molecule is COC(=O)[C@H]1[C@H]([C@H](CCOCc2ccccc2)OS(C)(=O)=O)ON2CCC[C@H]12. The third-order valence-corrected chi connectivity index (χ3v) is 5.67. The summed E-state index contributed by atoms with van der Waals surface area (Å²) in [6, 6.07) is 9.56. The average molecular weight is 413 g/mol. The topological polar surface area (TPSA) is 91.4 Å². The number of hydroxylamine groups is 2. The van der Waals surface area contributed by atoms with Crippen molar-refractivity contribution < 1.29 is 31.7 Å². The van der Waals surface area contributed by atoms with E-state index in [0.717, 1.165) is 24.7 Å². The van der Waals surface area contributed by atoms with Crippen LogP contribution in [0.15, 0.2) is 30.3 Å². The Kier molecular flexibility index (Phi) is 7.05. The zero-order valence-corrected chi connectivity index (χ0v) is 17.0. The Morgan fingerprint density at radius 1 is 1.32 bits per heavy atom. The van der Waals surface area contributed by atoms with Crippen molar-refractivity contribution in [3.8, 4) is 0 Å². The predicted octanol–water partition coefficient (Wildman–Crippen LogP) is 1.51. The van der Waals surface area contributed by atoms with E-state index in [9.17, 15) is 13.2 Å². The zero-order valence-electron chi connectivity index (χ0n) is 16.2. The highest BCUT2D eigenvalue weighted by atomic mass is 32.2. The molecule has 0 bridgehead atoms. The molecule has 2 fully saturated rings. The van der Waals surface area contributed by atoms with Crippen molar-refractivity contribution in [2.24, 2.45) is 5.92 Å². The van der Waals surface area contributed by atoms with Gasteiger partial charge in [0.25, 0.3) is 10.1 Å². The fraction of sp³-hybridized carbons (Fsp3) is 0.632. The van der Waals surface area contributed by atoms with Crippen LogP contribution in [-0.4, -0.2) is 64.2 Å². The average Bonchev–Trinajstić information content (AvgIpc) is 3.24. The number of ether oxygens (including phenoxy) is 2. The van der Waals surface area contributed by atoms with Gasteiger partial charge in [0.05, 0.1) is 26.0 Å². The van der Waals surface area contributed by atoms with E-state index in [1.165, 1.54) is 7.11 Å². The molecule has 4 atom stereocenters. The first-order valence-corrected chi connectivity index (χ1v) is 11.2. The van der Waals surface area contributed by atoms with E-state index < -0.39 is 34.2 Å². The number of nitrogens with zero attached hydrogens (tertiary/aromatic N) is 1. The minimum absolute atomic E-state index is 0.117. The number of hydrogen-bond donors (Lipinski definition) is 0. The number of esters is 1. The van der Waals surface area contributed by atoms with Crippen molar-refractivity contribution in [1.82, 2.24) is 5.06 Å². The van der Waals surface area contributed by atoms with Gasteiger partial charge in [0.1, 0.15) is 18.1 Å². The van der Waals surface area contributed by atoms with Crippen LogP contribution in [0.3, 0.4) is 0 Å². The van der Waals surface area contributed by atoms with E-state index in [-0.39, 0.29) is 19.1 Å². The van der Waals surface area contributed by atoms with Gasteiger partial charge >= 0.3 is 5.97 Å². The summed E-state index contributed by atoms with van der Waals surface area (Å²) in [5, 5.41) is 1.76. The zero-order chi connectivity index (χ0) is 20.1. The summed E-state index contributed by atoms with van der Waals surface area (Å²) in [5.41, 5.74) is 1.02. The van der Waals surface area contributed by atoms with Gasteiger partial charge in [-0.1, -0.05) is 30.3 Å². The molecule has 8 nitrogen and oxygen atoms in total. The summed E-state index contributed by atoms with van der Waals surface area (Å²) in [5.74, 6) is -1.000. The molecule has 0 aromatic heterocycles. The minimum atomic E-state index is -3.74. The van der Waals surface area contributed by atoms with Crippen LogP contribution in [0.4, 0.5) is 0 Å². The Balaban J connectivity index is 1.67. The first-order chi connectivity index (χ1) is 13.4. The number of fused-ring (bicyclic) bond motifs is 1. The van der Waals surface area contributed by atoms with Gasteiger partial charge in [-0.3, -0.25) is 13.8 Å². The maximum atomic E-state index is 12.4. The Morgan fingerprint density at radius 3 is 2.75 bits per heavy atom. The molecule has 156 valence electrons. The second kappa shape index (κ2) is 9.32. The lowest BCUT2D eigenvalue weighted by Crippen LogP contribution is -2.42. The molecule has 3 rings (SSSR count). The fourth-order valence-electron chi connectivity index (χ4n) is 3.88. The van der Waals surface area contributed by atoms with E-state index in [4.69, 9.17) is 18.5 Å². The Bertz CT molecular complexity index is 755. The fourth-order valence-corrected chi connectivity index (χ4v) is 4.53. The summed E-state index contributed by atoms with van der Waals surface area (Å²) in [7, 11) is -2.41.